The van der Waals surface area contributed by atoms with E-state index in [1.54, 1.807) is 42.5 Å². The maximum Gasteiger partial charge on any atom is 0.259 e. The zero-order chi connectivity index (χ0) is 15.5. The highest BCUT2D eigenvalue weighted by Gasteiger charge is 2.13. The number of anilines is 1. The summed E-state index contributed by atoms with van der Waals surface area (Å²) in [5.74, 6) is -0.545. The molecule has 0 aliphatic heterocycles. The zero-order valence-corrected chi connectivity index (χ0v) is 12.0. The summed E-state index contributed by atoms with van der Waals surface area (Å²) in [6.45, 7) is 0. The molecule has 0 aliphatic rings. The Kier molecular flexibility index (Phi) is 3.89. The van der Waals surface area contributed by atoms with Crippen molar-refractivity contribution in [2.45, 2.75) is 0 Å². The fourth-order valence-electron chi connectivity index (χ4n) is 1.92. The van der Waals surface area contributed by atoms with E-state index in [0.29, 0.717) is 21.8 Å². The molecule has 0 saturated heterocycles. The van der Waals surface area contributed by atoms with Gasteiger partial charge < -0.3 is 4.52 Å². The third-order valence-corrected chi connectivity index (χ3v) is 3.33. The lowest BCUT2D eigenvalue weighted by atomic mass is 10.1. The molecule has 1 aromatic heterocycles. The van der Waals surface area contributed by atoms with Crippen LogP contribution in [0.4, 0.5) is 10.3 Å². The van der Waals surface area contributed by atoms with Crippen LogP contribution in [-0.4, -0.2) is 11.1 Å². The number of carbonyl (C=O) groups is 1. The third-order valence-electron chi connectivity index (χ3n) is 3.01. The van der Waals surface area contributed by atoms with Crippen molar-refractivity contribution in [3.63, 3.8) is 0 Å². The van der Waals surface area contributed by atoms with E-state index in [1.165, 1.54) is 12.1 Å². The average Bonchev–Trinajstić information content (AvgIpc) is 2.97. The number of rotatable bonds is 3. The molecule has 1 heterocycles. The first-order valence-corrected chi connectivity index (χ1v) is 6.80. The van der Waals surface area contributed by atoms with E-state index in [9.17, 15) is 9.18 Å². The number of carbonyl (C=O) groups excluding carboxylic acids is 1. The van der Waals surface area contributed by atoms with E-state index >= 15 is 0 Å². The smallest absolute Gasteiger partial charge is 0.259 e. The molecule has 3 aromatic rings. The van der Waals surface area contributed by atoms with Crippen LogP contribution in [0.5, 0.6) is 0 Å². The van der Waals surface area contributed by atoms with Crippen LogP contribution < -0.4 is 5.32 Å². The molecule has 6 heteroatoms. The van der Waals surface area contributed by atoms with E-state index in [-0.39, 0.29) is 11.7 Å². The molecule has 0 fully saturated rings. The van der Waals surface area contributed by atoms with Gasteiger partial charge in [-0.1, -0.05) is 28.9 Å². The predicted octanol–water partition coefficient (Wildman–Crippen LogP) is 4.39. The Hall–Kier alpha value is -2.66. The second-order valence-corrected chi connectivity index (χ2v) is 4.92. The van der Waals surface area contributed by atoms with Gasteiger partial charge in [-0.3, -0.25) is 10.1 Å². The molecule has 22 heavy (non-hydrogen) atoms. The standard InChI is InChI=1S/C16H10ClFN2O2/c17-13-4-2-1-3-12(13)16(21)19-15-9-14(20-22-15)10-5-7-11(18)8-6-10/h1-9H,(H,19,21). The summed E-state index contributed by atoms with van der Waals surface area (Å²) in [6, 6.07) is 14.0. The van der Waals surface area contributed by atoms with Crippen LogP contribution in [0.3, 0.4) is 0 Å². The largest absolute Gasteiger partial charge is 0.338 e. The highest BCUT2D eigenvalue weighted by molar-refractivity contribution is 6.34. The van der Waals surface area contributed by atoms with Gasteiger partial charge in [0.15, 0.2) is 0 Å². The summed E-state index contributed by atoms with van der Waals surface area (Å²) in [6.07, 6.45) is 0. The van der Waals surface area contributed by atoms with Gasteiger partial charge in [0.25, 0.3) is 5.91 Å². The summed E-state index contributed by atoms with van der Waals surface area (Å²) in [5, 5.41) is 6.76. The summed E-state index contributed by atoms with van der Waals surface area (Å²) < 4.78 is 18.0. The number of benzene rings is 2. The summed E-state index contributed by atoms with van der Waals surface area (Å²) in [5.41, 5.74) is 1.52. The molecule has 1 N–H and O–H groups in total. The maximum absolute atomic E-state index is 12.9. The van der Waals surface area contributed by atoms with Crippen LogP contribution in [0.1, 0.15) is 10.4 Å². The minimum Gasteiger partial charge on any atom is -0.338 e. The number of aromatic nitrogens is 1. The molecule has 1 amide bonds. The summed E-state index contributed by atoms with van der Waals surface area (Å²) >= 11 is 5.96. The fraction of sp³-hybridized carbons (Fsp3) is 0. The number of hydrogen-bond donors (Lipinski definition) is 1. The van der Waals surface area contributed by atoms with Crippen molar-refractivity contribution in [1.82, 2.24) is 5.16 Å². The molecule has 0 spiro atoms. The average molecular weight is 317 g/mol. The Morgan fingerprint density at radius 2 is 1.86 bits per heavy atom. The van der Waals surface area contributed by atoms with Gasteiger partial charge in [0.1, 0.15) is 11.5 Å². The van der Waals surface area contributed by atoms with Crippen LogP contribution in [0.15, 0.2) is 59.1 Å². The van der Waals surface area contributed by atoms with Gasteiger partial charge in [-0.2, -0.15) is 0 Å². The van der Waals surface area contributed by atoms with Crippen LogP contribution in [0.25, 0.3) is 11.3 Å². The molecule has 0 unspecified atom stereocenters. The Morgan fingerprint density at radius 3 is 2.59 bits per heavy atom. The Bertz CT molecular complexity index is 815. The van der Waals surface area contributed by atoms with E-state index in [4.69, 9.17) is 16.1 Å². The van der Waals surface area contributed by atoms with Gasteiger partial charge in [0.2, 0.25) is 5.88 Å². The van der Waals surface area contributed by atoms with Crippen molar-refractivity contribution < 1.29 is 13.7 Å². The van der Waals surface area contributed by atoms with Crippen LogP contribution in [0, 0.1) is 5.82 Å². The van der Waals surface area contributed by atoms with Crippen molar-refractivity contribution in [1.29, 1.82) is 0 Å². The highest BCUT2D eigenvalue weighted by Crippen LogP contribution is 2.23. The predicted molar refractivity (Wildman–Crippen MR) is 81.3 cm³/mol. The first-order chi connectivity index (χ1) is 10.6. The van der Waals surface area contributed by atoms with Gasteiger partial charge >= 0.3 is 0 Å². The van der Waals surface area contributed by atoms with Crippen molar-refractivity contribution in [2.24, 2.45) is 0 Å². The van der Waals surface area contributed by atoms with E-state index in [2.05, 4.69) is 10.5 Å². The van der Waals surface area contributed by atoms with Crippen molar-refractivity contribution in [3.05, 3.63) is 71.0 Å². The van der Waals surface area contributed by atoms with Gasteiger partial charge in [0, 0.05) is 11.6 Å². The normalized spacial score (nSPS) is 10.5. The first kappa shape index (κ1) is 14.3. The number of halogens is 2. The molecule has 0 atom stereocenters. The summed E-state index contributed by atoms with van der Waals surface area (Å²) in [4.78, 5) is 12.1. The van der Waals surface area contributed by atoms with Crippen molar-refractivity contribution in [2.75, 3.05) is 5.32 Å². The Balaban J connectivity index is 1.78. The monoisotopic (exact) mass is 316 g/mol. The number of amides is 1. The topological polar surface area (TPSA) is 55.1 Å². The molecule has 0 radical (unpaired) electrons. The van der Waals surface area contributed by atoms with Crippen LogP contribution in [0.2, 0.25) is 5.02 Å². The minimum absolute atomic E-state index is 0.184. The van der Waals surface area contributed by atoms with Crippen LogP contribution in [-0.2, 0) is 0 Å². The minimum atomic E-state index is -0.396. The molecule has 110 valence electrons. The van der Waals surface area contributed by atoms with E-state index in [0.717, 1.165) is 0 Å². The molecule has 0 aliphatic carbocycles. The SMILES string of the molecule is O=C(Nc1cc(-c2ccc(F)cc2)no1)c1ccccc1Cl. The second-order valence-electron chi connectivity index (χ2n) is 4.52. The Labute approximate surface area is 130 Å². The quantitative estimate of drug-likeness (QED) is 0.779. The molecule has 0 saturated carbocycles. The molecule has 0 bridgehead atoms. The lowest BCUT2D eigenvalue weighted by molar-refractivity contribution is 0.102. The van der Waals surface area contributed by atoms with Gasteiger partial charge in [-0.15, -0.1) is 0 Å². The first-order valence-electron chi connectivity index (χ1n) is 6.42. The lowest BCUT2D eigenvalue weighted by Crippen LogP contribution is -2.11. The zero-order valence-electron chi connectivity index (χ0n) is 11.2. The highest BCUT2D eigenvalue weighted by atomic mass is 35.5. The molecule has 2 aromatic carbocycles. The van der Waals surface area contributed by atoms with E-state index in [1.807, 2.05) is 0 Å². The summed E-state index contributed by atoms with van der Waals surface area (Å²) in [7, 11) is 0. The lowest BCUT2D eigenvalue weighted by Gasteiger charge is -2.02. The fourth-order valence-corrected chi connectivity index (χ4v) is 2.14. The van der Waals surface area contributed by atoms with Crippen molar-refractivity contribution in [3.8, 4) is 11.3 Å². The van der Waals surface area contributed by atoms with Gasteiger partial charge in [0.05, 0.1) is 10.6 Å². The molecular weight excluding hydrogens is 307 g/mol. The van der Waals surface area contributed by atoms with Gasteiger partial charge in [-0.25, -0.2) is 4.39 Å². The van der Waals surface area contributed by atoms with Crippen LogP contribution >= 0.6 is 11.6 Å². The maximum atomic E-state index is 12.9. The number of nitrogens with one attached hydrogen (secondary N) is 1. The molecule has 3 rings (SSSR count). The third kappa shape index (κ3) is 2.99. The Morgan fingerprint density at radius 1 is 1.14 bits per heavy atom. The van der Waals surface area contributed by atoms with E-state index < -0.39 is 5.91 Å². The number of nitrogens with zero attached hydrogens (tertiary/aromatic N) is 1. The second kappa shape index (κ2) is 5.99. The van der Waals surface area contributed by atoms with Crippen molar-refractivity contribution >= 4 is 23.4 Å². The van der Waals surface area contributed by atoms with Gasteiger partial charge in [-0.05, 0) is 36.4 Å². The number of hydrogen-bond acceptors (Lipinski definition) is 3. The molecule has 4 nitrogen and oxygen atoms in total. The molecular formula is C16H10ClFN2O2.